The van der Waals surface area contributed by atoms with Crippen LogP contribution in [-0.2, 0) is 11.3 Å². The number of hydrogen-bond acceptors (Lipinski definition) is 4. The van der Waals surface area contributed by atoms with Crippen LogP contribution in [0.4, 0.5) is 14.5 Å². The van der Waals surface area contributed by atoms with E-state index in [1.54, 1.807) is 0 Å². The molecule has 0 saturated heterocycles. The number of hydrogen-bond donors (Lipinski definition) is 1. The summed E-state index contributed by atoms with van der Waals surface area (Å²) >= 11 is 5.95. The van der Waals surface area contributed by atoms with E-state index in [1.165, 1.54) is 10.9 Å². The smallest absolute Gasteiger partial charge is 0.287 e. The van der Waals surface area contributed by atoms with Gasteiger partial charge in [0.15, 0.2) is 0 Å². The van der Waals surface area contributed by atoms with Gasteiger partial charge in [0.25, 0.3) is 12.0 Å². The molecule has 114 valence electrons. The van der Waals surface area contributed by atoms with Crippen LogP contribution in [0.3, 0.4) is 0 Å². The van der Waals surface area contributed by atoms with E-state index in [-0.39, 0.29) is 29.7 Å². The quantitative estimate of drug-likeness (QED) is 0.748. The number of anilines is 1. The fraction of sp³-hybridized carbons (Fsp3) is 0.667. The van der Waals surface area contributed by atoms with Gasteiger partial charge in [0, 0.05) is 13.1 Å². The minimum absolute atomic E-state index is 0.0366. The molecule has 20 heavy (non-hydrogen) atoms. The molecule has 5 nitrogen and oxygen atoms in total. The molecule has 1 N–H and O–H groups in total. The second kappa shape index (κ2) is 8.16. The van der Waals surface area contributed by atoms with Gasteiger partial charge in [-0.25, -0.2) is 13.5 Å². The van der Waals surface area contributed by atoms with Gasteiger partial charge in [0.1, 0.15) is 11.6 Å². The average Bonchev–Trinajstić information content (AvgIpc) is 2.36. The Labute approximate surface area is 120 Å². The fourth-order valence-corrected chi connectivity index (χ4v) is 1.71. The van der Waals surface area contributed by atoms with Crippen molar-refractivity contribution in [2.45, 2.75) is 26.8 Å². The summed E-state index contributed by atoms with van der Waals surface area (Å²) in [5, 5.41) is 6.87. The SMILES string of the molecule is CC(C)Cn1ncc(NCCOCC(F)F)c(Cl)c1=O. The zero-order chi connectivity index (χ0) is 15.1. The summed E-state index contributed by atoms with van der Waals surface area (Å²) in [6.07, 6.45) is -1.04. The Morgan fingerprint density at radius 3 is 2.80 bits per heavy atom. The topological polar surface area (TPSA) is 56.1 Å². The minimum Gasteiger partial charge on any atom is -0.380 e. The van der Waals surface area contributed by atoms with Gasteiger partial charge in [-0.15, -0.1) is 0 Å². The second-order valence-electron chi connectivity index (χ2n) is 4.65. The predicted molar refractivity (Wildman–Crippen MR) is 73.7 cm³/mol. The third kappa shape index (κ3) is 5.42. The highest BCUT2D eigenvalue weighted by Gasteiger charge is 2.10. The van der Waals surface area contributed by atoms with E-state index in [4.69, 9.17) is 16.3 Å². The Morgan fingerprint density at radius 1 is 1.50 bits per heavy atom. The standard InChI is InChI=1S/C12H18ClF2N3O2/c1-8(2)6-18-12(19)11(13)9(5-17-18)16-3-4-20-7-10(14)15/h5,8,10,16H,3-4,6-7H2,1-2H3. The number of rotatable bonds is 8. The van der Waals surface area contributed by atoms with Gasteiger partial charge in [-0.3, -0.25) is 4.79 Å². The van der Waals surface area contributed by atoms with Gasteiger partial charge >= 0.3 is 0 Å². The lowest BCUT2D eigenvalue weighted by Crippen LogP contribution is -2.26. The van der Waals surface area contributed by atoms with Crippen LogP contribution in [0.2, 0.25) is 5.02 Å². The molecule has 8 heteroatoms. The Bertz CT molecular complexity index is 480. The van der Waals surface area contributed by atoms with Crippen LogP contribution in [0.5, 0.6) is 0 Å². The molecule has 0 aliphatic carbocycles. The summed E-state index contributed by atoms with van der Waals surface area (Å²) in [5.41, 5.74) is -0.00353. The summed E-state index contributed by atoms with van der Waals surface area (Å²) in [6, 6.07) is 0. The monoisotopic (exact) mass is 309 g/mol. The lowest BCUT2D eigenvalue weighted by atomic mass is 10.2. The van der Waals surface area contributed by atoms with E-state index in [9.17, 15) is 13.6 Å². The van der Waals surface area contributed by atoms with E-state index in [0.717, 1.165) is 0 Å². The van der Waals surface area contributed by atoms with Crippen molar-refractivity contribution in [2.75, 3.05) is 25.1 Å². The normalized spacial score (nSPS) is 11.3. The predicted octanol–water partition coefficient (Wildman–Crippen LogP) is 2.25. The molecule has 0 saturated carbocycles. The molecule has 0 fully saturated rings. The van der Waals surface area contributed by atoms with Gasteiger partial charge in [-0.1, -0.05) is 25.4 Å². The first kappa shape index (κ1) is 16.8. The molecule has 1 aromatic heterocycles. The lowest BCUT2D eigenvalue weighted by molar-refractivity contribution is 0.0215. The molecule has 0 bridgehead atoms. The zero-order valence-electron chi connectivity index (χ0n) is 11.4. The fourth-order valence-electron chi connectivity index (χ4n) is 1.49. The minimum atomic E-state index is -2.49. The molecule has 1 heterocycles. The highest BCUT2D eigenvalue weighted by Crippen LogP contribution is 2.15. The molecular weight excluding hydrogens is 292 g/mol. The number of alkyl halides is 2. The molecule has 0 aliphatic rings. The summed E-state index contributed by atoms with van der Waals surface area (Å²) in [6.45, 7) is 4.17. The second-order valence-corrected chi connectivity index (χ2v) is 5.02. The van der Waals surface area contributed by atoms with Crippen LogP contribution in [0.25, 0.3) is 0 Å². The largest absolute Gasteiger partial charge is 0.380 e. The Hall–Kier alpha value is -1.21. The van der Waals surface area contributed by atoms with Gasteiger partial charge in [-0.2, -0.15) is 5.10 Å². The maximum atomic E-state index is 11.9. The number of aromatic nitrogens is 2. The van der Waals surface area contributed by atoms with Crippen molar-refractivity contribution in [1.29, 1.82) is 0 Å². The molecule has 0 amide bonds. The highest BCUT2D eigenvalue weighted by molar-refractivity contribution is 6.32. The van der Waals surface area contributed by atoms with Crippen molar-refractivity contribution < 1.29 is 13.5 Å². The number of halogens is 3. The van der Waals surface area contributed by atoms with E-state index >= 15 is 0 Å². The van der Waals surface area contributed by atoms with Crippen molar-refractivity contribution in [1.82, 2.24) is 9.78 Å². The van der Waals surface area contributed by atoms with Crippen LogP contribution in [0.15, 0.2) is 11.0 Å². The van der Waals surface area contributed by atoms with Crippen LogP contribution >= 0.6 is 11.6 Å². The van der Waals surface area contributed by atoms with E-state index in [0.29, 0.717) is 12.2 Å². The Kier molecular flexibility index (Phi) is 6.87. The summed E-state index contributed by atoms with van der Waals surface area (Å²) in [4.78, 5) is 11.9. The Morgan fingerprint density at radius 2 is 2.20 bits per heavy atom. The van der Waals surface area contributed by atoms with Crippen LogP contribution in [-0.4, -0.2) is 36.0 Å². The van der Waals surface area contributed by atoms with Gasteiger partial charge in [0.2, 0.25) is 0 Å². The van der Waals surface area contributed by atoms with Crippen molar-refractivity contribution >= 4 is 17.3 Å². The first-order valence-corrected chi connectivity index (χ1v) is 6.65. The number of nitrogens with one attached hydrogen (secondary N) is 1. The zero-order valence-corrected chi connectivity index (χ0v) is 12.2. The lowest BCUT2D eigenvalue weighted by Gasteiger charge is -2.11. The van der Waals surface area contributed by atoms with Crippen molar-refractivity contribution in [3.63, 3.8) is 0 Å². The molecule has 0 spiro atoms. The van der Waals surface area contributed by atoms with E-state index in [1.807, 2.05) is 13.8 Å². The summed E-state index contributed by atoms with van der Waals surface area (Å²) in [5.74, 6) is 0.276. The van der Waals surface area contributed by atoms with Crippen molar-refractivity contribution in [2.24, 2.45) is 5.92 Å². The van der Waals surface area contributed by atoms with Crippen LogP contribution in [0.1, 0.15) is 13.8 Å². The Balaban J connectivity index is 2.55. The van der Waals surface area contributed by atoms with Crippen molar-refractivity contribution in [3.05, 3.63) is 21.6 Å². The van der Waals surface area contributed by atoms with E-state index < -0.39 is 13.0 Å². The van der Waals surface area contributed by atoms with E-state index in [2.05, 4.69) is 10.4 Å². The molecule has 0 aromatic carbocycles. The summed E-state index contributed by atoms with van der Waals surface area (Å²) in [7, 11) is 0. The third-order valence-electron chi connectivity index (χ3n) is 2.33. The molecule has 1 rings (SSSR count). The number of nitrogens with zero attached hydrogens (tertiary/aromatic N) is 2. The van der Waals surface area contributed by atoms with Gasteiger partial charge in [-0.05, 0) is 5.92 Å². The number of ether oxygens (including phenoxy) is 1. The van der Waals surface area contributed by atoms with Crippen LogP contribution in [0, 0.1) is 5.92 Å². The van der Waals surface area contributed by atoms with Gasteiger partial charge in [0.05, 0.1) is 18.5 Å². The molecular formula is C12H18ClF2N3O2. The molecule has 1 aromatic rings. The third-order valence-corrected chi connectivity index (χ3v) is 2.69. The summed E-state index contributed by atoms with van der Waals surface area (Å²) < 4.78 is 29.7. The molecule has 0 aliphatic heterocycles. The first-order valence-electron chi connectivity index (χ1n) is 6.27. The van der Waals surface area contributed by atoms with Crippen molar-refractivity contribution in [3.8, 4) is 0 Å². The maximum absolute atomic E-state index is 11.9. The highest BCUT2D eigenvalue weighted by atomic mass is 35.5. The molecule has 0 radical (unpaired) electrons. The first-order chi connectivity index (χ1) is 9.41. The maximum Gasteiger partial charge on any atom is 0.287 e. The average molecular weight is 310 g/mol. The van der Waals surface area contributed by atoms with Crippen LogP contribution < -0.4 is 10.9 Å². The van der Waals surface area contributed by atoms with Gasteiger partial charge < -0.3 is 10.1 Å². The molecule has 0 atom stereocenters. The molecule has 0 unspecified atom stereocenters.